The first-order chi connectivity index (χ1) is 11.5. The lowest BCUT2D eigenvalue weighted by Crippen LogP contribution is -2.57. The first-order valence-electron chi connectivity index (χ1n) is 8.23. The van der Waals surface area contributed by atoms with Crippen LogP contribution in [0.15, 0.2) is 48.5 Å². The molecule has 2 aromatic carbocycles. The van der Waals surface area contributed by atoms with Crippen molar-refractivity contribution in [3.63, 3.8) is 0 Å². The van der Waals surface area contributed by atoms with Gasteiger partial charge in [0.05, 0.1) is 0 Å². The fourth-order valence-electron chi connectivity index (χ4n) is 3.04. The van der Waals surface area contributed by atoms with Crippen molar-refractivity contribution in [3.05, 3.63) is 65.2 Å². The number of carbonyl (C=O) groups is 2. The van der Waals surface area contributed by atoms with Crippen molar-refractivity contribution < 1.29 is 9.59 Å². The summed E-state index contributed by atoms with van der Waals surface area (Å²) in [6.45, 7) is 6.95. The smallest absolute Gasteiger partial charge is 0.254 e. The van der Waals surface area contributed by atoms with E-state index in [4.69, 9.17) is 0 Å². The summed E-state index contributed by atoms with van der Waals surface area (Å²) >= 11 is 0. The lowest BCUT2D eigenvalue weighted by atomic mass is 10.1. The van der Waals surface area contributed by atoms with Crippen LogP contribution in [0.2, 0.25) is 0 Å². The molecular weight excluding hydrogens is 300 g/mol. The topological polar surface area (TPSA) is 40.6 Å². The molecule has 3 rings (SSSR count). The van der Waals surface area contributed by atoms with Crippen LogP contribution in [-0.2, 0) is 4.79 Å². The van der Waals surface area contributed by atoms with Crippen LogP contribution >= 0.6 is 0 Å². The minimum Gasteiger partial charge on any atom is -0.325 e. The number of anilines is 1. The maximum Gasteiger partial charge on any atom is 0.254 e. The van der Waals surface area contributed by atoms with Crippen molar-refractivity contribution >= 4 is 17.5 Å². The predicted octanol–water partition coefficient (Wildman–Crippen LogP) is 3.18. The van der Waals surface area contributed by atoms with Crippen LogP contribution in [0.3, 0.4) is 0 Å². The molecule has 0 aromatic heterocycles. The highest BCUT2D eigenvalue weighted by Crippen LogP contribution is 2.24. The van der Waals surface area contributed by atoms with Gasteiger partial charge >= 0.3 is 0 Å². The van der Waals surface area contributed by atoms with Gasteiger partial charge in [0, 0.05) is 24.3 Å². The average Bonchev–Trinajstić information content (AvgIpc) is 2.60. The normalized spacial score (nSPS) is 18.0. The van der Waals surface area contributed by atoms with Gasteiger partial charge in [-0.2, -0.15) is 0 Å². The maximum absolute atomic E-state index is 12.8. The van der Waals surface area contributed by atoms with E-state index in [9.17, 15) is 9.59 Å². The molecule has 1 saturated heterocycles. The van der Waals surface area contributed by atoms with Crippen LogP contribution in [0.4, 0.5) is 5.69 Å². The minimum absolute atomic E-state index is 0.0335. The van der Waals surface area contributed by atoms with Gasteiger partial charge in [-0.05, 0) is 56.2 Å². The van der Waals surface area contributed by atoms with Crippen molar-refractivity contribution in [2.24, 2.45) is 0 Å². The molecule has 1 aliphatic heterocycles. The number of hydrogen-bond acceptors (Lipinski definition) is 2. The highest BCUT2D eigenvalue weighted by atomic mass is 16.2. The molecule has 0 aliphatic carbocycles. The zero-order valence-electron chi connectivity index (χ0n) is 14.3. The van der Waals surface area contributed by atoms with Crippen LogP contribution in [0, 0.1) is 13.8 Å². The Hall–Kier alpha value is -2.62. The molecule has 1 aliphatic rings. The molecule has 1 fully saturated rings. The Balaban J connectivity index is 1.81. The lowest BCUT2D eigenvalue weighted by Gasteiger charge is -2.39. The van der Waals surface area contributed by atoms with Crippen molar-refractivity contribution in [3.8, 4) is 0 Å². The van der Waals surface area contributed by atoms with Crippen molar-refractivity contribution in [2.45, 2.75) is 26.8 Å². The van der Waals surface area contributed by atoms with E-state index in [1.165, 1.54) is 5.56 Å². The summed E-state index contributed by atoms with van der Waals surface area (Å²) in [4.78, 5) is 28.9. The zero-order valence-corrected chi connectivity index (χ0v) is 14.3. The summed E-state index contributed by atoms with van der Waals surface area (Å²) in [5, 5.41) is 0. The van der Waals surface area contributed by atoms with Crippen LogP contribution in [0.25, 0.3) is 0 Å². The highest BCUT2D eigenvalue weighted by molar-refractivity contribution is 6.03. The van der Waals surface area contributed by atoms with Gasteiger partial charge in [-0.3, -0.25) is 9.59 Å². The Kier molecular flexibility index (Phi) is 4.38. The molecule has 1 heterocycles. The van der Waals surface area contributed by atoms with Gasteiger partial charge in [0.2, 0.25) is 5.91 Å². The van der Waals surface area contributed by atoms with Gasteiger partial charge < -0.3 is 9.80 Å². The van der Waals surface area contributed by atoms with E-state index in [0.717, 1.165) is 11.3 Å². The number of nitrogens with zero attached hydrogens (tertiary/aromatic N) is 2. The Bertz CT molecular complexity index is 770. The number of hydrogen-bond donors (Lipinski definition) is 0. The number of rotatable bonds is 2. The van der Waals surface area contributed by atoms with E-state index >= 15 is 0 Å². The second-order valence-corrected chi connectivity index (χ2v) is 6.30. The molecule has 0 saturated carbocycles. The summed E-state index contributed by atoms with van der Waals surface area (Å²) in [7, 11) is 0. The van der Waals surface area contributed by atoms with Crippen LogP contribution in [0.5, 0.6) is 0 Å². The zero-order chi connectivity index (χ0) is 17.3. The highest BCUT2D eigenvalue weighted by Gasteiger charge is 2.35. The van der Waals surface area contributed by atoms with E-state index in [2.05, 4.69) is 6.92 Å². The third-order valence-corrected chi connectivity index (χ3v) is 4.74. The number of carbonyl (C=O) groups excluding carboxylic acids is 2. The molecular formula is C20H22N2O2. The van der Waals surface area contributed by atoms with Gasteiger partial charge in [-0.1, -0.05) is 24.3 Å². The molecule has 2 amide bonds. The van der Waals surface area contributed by atoms with Crippen LogP contribution < -0.4 is 4.90 Å². The Labute approximate surface area is 142 Å². The van der Waals surface area contributed by atoms with E-state index in [0.29, 0.717) is 18.7 Å². The molecule has 1 atom stereocenters. The molecule has 124 valence electrons. The minimum atomic E-state index is -0.465. The van der Waals surface area contributed by atoms with Crippen LogP contribution in [-0.4, -0.2) is 35.8 Å². The summed E-state index contributed by atoms with van der Waals surface area (Å²) in [6.07, 6.45) is 0. The third-order valence-electron chi connectivity index (χ3n) is 4.74. The first-order valence-corrected chi connectivity index (χ1v) is 8.23. The Morgan fingerprint density at radius 3 is 2.38 bits per heavy atom. The number of amides is 2. The molecule has 0 bridgehead atoms. The molecule has 0 N–H and O–H groups in total. The van der Waals surface area contributed by atoms with Crippen molar-refractivity contribution in [1.82, 2.24) is 4.90 Å². The summed E-state index contributed by atoms with van der Waals surface area (Å²) in [5.41, 5.74) is 3.89. The van der Waals surface area contributed by atoms with E-state index in [1.54, 1.807) is 28.9 Å². The number of piperazine rings is 1. The SMILES string of the molecule is Cc1ccc(N2CCN(C(=O)c3ccccc3)[C@@H](C)C2=O)cc1C. The first kappa shape index (κ1) is 16.2. The molecule has 24 heavy (non-hydrogen) atoms. The van der Waals surface area contributed by atoms with Gasteiger partial charge in [-0.15, -0.1) is 0 Å². The fourth-order valence-corrected chi connectivity index (χ4v) is 3.04. The van der Waals surface area contributed by atoms with Crippen molar-refractivity contribution in [1.29, 1.82) is 0 Å². The maximum atomic E-state index is 12.8. The van der Waals surface area contributed by atoms with Gasteiger partial charge in [0.15, 0.2) is 0 Å². The molecule has 4 nitrogen and oxygen atoms in total. The molecule has 4 heteroatoms. The van der Waals surface area contributed by atoms with Gasteiger partial charge in [0.1, 0.15) is 6.04 Å². The lowest BCUT2D eigenvalue weighted by molar-refractivity contribution is -0.124. The second kappa shape index (κ2) is 6.48. The summed E-state index contributed by atoms with van der Waals surface area (Å²) < 4.78 is 0. The Morgan fingerprint density at radius 1 is 1.00 bits per heavy atom. The van der Waals surface area contributed by atoms with Crippen LogP contribution in [0.1, 0.15) is 28.4 Å². The van der Waals surface area contributed by atoms with E-state index < -0.39 is 6.04 Å². The fraction of sp³-hybridized carbons (Fsp3) is 0.300. The molecule has 0 unspecified atom stereocenters. The molecule has 0 radical (unpaired) electrons. The predicted molar refractivity (Wildman–Crippen MR) is 95.2 cm³/mol. The average molecular weight is 322 g/mol. The monoisotopic (exact) mass is 322 g/mol. The standard InChI is InChI=1S/C20H22N2O2/c1-14-9-10-18(13-15(14)2)22-12-11-21(16(3)19(22)23)20(24)17-7-5-4-6-8-17/h4-10,13,16H,11-12H2,1-3H3/t16-/m0/s1. The number of benzene rings is 2. The van der Waals surface area contributed by atoms with Gasteiger partial charge in [0.25, 0.3) is 5.91 Å². The number of aryl methyl sites for hydroxylation is 2. The van der Waals surface area contributed by atoms with E-state index in [1.807, 2.05) is 43.3 Å². The second-order valence-electron chi connectivity index (χ2n) is 6.30. The molecule has 2 aromatic rings. The summed E-state index contributed by atoms with van der Waals surface area (Å²) in [6, 6.07) is 14.7. The molecule has 0 spiro atoms. The van der Waals surface area contributed by atoms with Gasteiger partial charge in [-0.25, -0.2) is 0 Å². The Morgan fingerprint density at radius 2 is 1.71 bits per heavy atom. The summed E-state index contributed by atoms with van der Waals surface area (Å²) in [5.74, 6) is -0.120. The third kappa shape index (κ3) is 2.92. The van der Waals surface area contributed by atoms with E-state index in [-0.39, 0.29) is 11.8 Å². The van der Waals surface area contributed by atoms with Crippen molar-refractivity contribution in [2.75, 3.05) is 18.0 Å². The quantitative estimate of drug-likeness (QED) is 0.852. The largest absolute Gasteiger partial charge is 0.325 e.